The standard InChI is InChI=1S/C18H17N3O3/c1-12-15-5-3-4-6-16(15)18(21-20-12)19-13-7-9-14(10-8-13)24-11-17(22)23-2/h3-10H,11H2,1-2H3,(H,19,21). The van der Waals surface area contributed by atoms with E-state index in [2.05, 4.69) is 20.3 Å². The first-order valence-corrected chi connectivity index (χ1v) is 7.46. The molecule has 0 bridgehead atoms. The van der Waals surface area contributed by atoms with Crippen molar-refractivity contribution in [2.24, 2.45) is 0 Å². The maximum atomic E-state index is 11.1. The summed E-state index contributed by atoms with van der Waals surface area (Å²) in [5.74, 6) is 0.865. The van der Waals surface area contributed by atoms with Crippen LogP contribution in [0, 0.1) is 6.92 Å². The second-order valence-electron chi connectivity index (χ2n) is 5.19. The highest BCUT2D eigenvalue weighted by atomic mass is 16.6. The average molecular weight is 323 g/mol. The zero-order valence-electron chi connectivity index (χ0n) is 13.4. The van der Waals surface area contributed by atoms with Gasteiger partial charge in [0.25, 0.3) is 0 Å². The molecule has 6 heteroatoms. The van der Waals surface area contributed by atoms with Crippen LogP contribution in [0.4, 0.5) is 11.5 Å². The summed E-state index contributed by atoms with van der Waals surface area (Å²) in [7, 11) is 1.33. The number of rotatable bonds is 5. The molecule has 3 rings (SSSR count). The Bertz CT molecular complexity index is 863. The van der Waals surface area contributed by atoms with Gasteiger partial charge in [-0.15, -0.1) is 5.10 Å². The summed E-state index contributed by atoms with van der Waals surface area (Å²) in [5.41, 5.74) is 1.74. The molecule has 122 valence electrons. The topological polar surface area (TPSA) is 73.3 Å². The molecule has 0 fully saturated rings. The molecule has 0 saturated heterocycles. The summed E-state index contributed by atoms with van der Waals surface area (Å²) in [6, 6.07) is 15.2. The van der Waals surface area contributed by atoms with E-state index in [0.29, 0.717) is 11.6 Å². The molecule has 0 amide bonds. The fraction of sp³-hybridized carbons (Fsp3) is 0.167. The van der Waals surface area contributed by atoms with Crippen molar-refractivity contribution in [3.8, 4) is 5.75 Å². The van der Waals surface area contributed by atoms with Crippen molar-refractivity contribution in [1.29, 1.82) is 0 Å². The maximum Gasteiger partial charge on any atom is 0.343 e. The molecule has 0 atom stereocenters. The molecule has 1 N–H and O–H groups in total. The van der Waals surface area contributed by atoms with Crippen LogP contribution in [-0.4, -0.2) is 29.9 Å². The lowest BCUT2D eigenvalue weighted by atomic mass is 10.1. The largest absolute Gasteiger partial charge is 0.482 e. The lowest BCUT2D eigenvalue weighted by Gasteiger charge is -2.10. The molecule has 0 aliphatic heterocycles. The highest BCUT2D eigenvalue weighted by Crippen LogP contribution is 2.26. The van der Waals surface area contributed by atoms with Crippen LogP contribution in [0.15, 0.2) is 48.5 Å². The molecule has 0 saturated carbocycles. The summed E-state index contributed by atoms with van der Waals surface area (Å²) in [6.45, 7) is 1.82. The first-order valence-electron chi connectivity index (χ1n) is 7.46. The minimum Gasteiger partial charge on any atom is -0.482 e. The quantitative estimate of drug-likeness (QED) is 0.727. The molecule has 1 heterocycles. The number of carbonyl (C=O) groups is 1. The van der Waals surface area contributed by atoms with Gasteiger partial charge < -0.3 is 14.8 Å². The van der Waals surface area contributed by atoms with E-state index < -0.39 is 5.97 Å². The molecular formula is C18H17N3O3. The number of nitrogens with zero attached hydrogens (tertiary/aromatic N) is 2. The summed E-state index contributed by atoms with van der Waals surface area (Å²) in [5, 5.41) is 13.8. The summed E-state index contributed by atoms with van der Waals surface area (Å²) < 4.78 is 9.85. The van der Waals surface area contributed by atoms with E-state index in [4.69, 9.17) is 4.74 Å². The average Bonchev–Trinajstić information content (AvgIpc) is 2.63. The first-order chi connectivity index (χ1) is 11.7. The van der Waals surface area contributed by atoms with Crippen LogP contribution in [0.3, 0.4) is 0 Å². The van der Waals surface area contributed by atoms with Crippen molar-refractivity contribution in [3.05, 3.63) is 54.2 Å². The predicted octanol–water partition coefficient (Wildman–Crippen LogP) is 3.23. The minimum atomic E-state index is -0.418. The third-order valence-electron chi connectivity index (χ3n) is 3.57. The lowest BCUT2D eigenvalue weighted by molar-refractivity contribution is -0.142. The van der Waals surface area contributed by atoms with E-state index >= 15 is 0 Å². The Hall–Kier alpha value is -3.15. The zero-order valence-corrected chi connectivity index (χ0v) is 13.4. The highest BCUT2D eigenvalue weighted by molar-refractivity contribution is 5.94. The van der Waals surface area contributed by atoms with Gasteiger partial charge in [-0.2, -0.15) is 5.10 Å². The van der Waals surface area contributed by atoms with E-state index in [1.807, 2.05) is 43.3 Å². The van der Waals surface area contributed by atoms with Crippen LogP contribution in [0.5, 0.6) is 5.75 Å². The fourth-order valence-electron chi connectivity index (χ4n) is 2.30. The number of methoxy groups -OCH3 is 1. The van der Waals surface area contributed by atoms with Gasteiger partial charge in [-0.1, -0.05) is 24.3 Å². The minimum absolute atomic E-state index is 0.114. The summed E-state index contributed by atoms with van der Waals surface area (Å²) in [4.78, 5) is 11.1. The number of ether oxygens (including phenoxy) is 2. The number of aromatic nitrogens is 2. The van der Waals surface area contributed by atoms with Crippen LogP contribution in [-0.2, 0) is 9.53 Å². The zero-order chi connectivity index (χ0) is 16.9. The smallest absolute Gasteiger partial charge is 0.343 e. The molecular weight excluding hydrogens is 306 g/mol. The molecule has 2 aromatic carbocycles. The molecule has 24 heavy (non-hydrogen) atoms. The predicted molar refractivity (Wildman–Crippen MR) is 91.5 cm³/mol. The van der Waals surface area contributed by atoms with E-state index in [0.717, 1.165) is 22.2 Å². The van der Waals surface area contributed by atoms with Crippen LogP contribution >= 0.6 is 0 Å². The van der Waals surface area contributed by atoms with Gasteiger partial charge in [0.1, 0.15) is 5.75 Å². The molecule has 0 aliphatic carbocycles. The molecule has 3 aromatic rings. The number of aryl methyl sites for hydroxylation is 1. The maximum absolute atomic E-state index is 11.1. The summed E-state index contributed by atoms with van der Waals surface area (Å²) >= 11 is 0. The van der Waals surface area contributed by atoms with Crippen LogP contribution in [0.25, 0.3) is 10.8 Å². The van der Waals surface area contributed by atoms with Crippen molar-refractivity contribution < 1.29 is 14.3 Å². The third kappa shape index (κ3) is 3.43. The Morgan fingerprint density at radius 1 is 1.04 bits per heavy atom. The number of nitrogens with one attached hydrogen (secondary N) is 1. The number of anilines is 2. The molecule has 0 radical (unpaired) electrons. The van der Waals surface area contributed by atoms with Gasteiger partial charge in [0.2, 0.25) is 0 Å². The molecule has 0 unspecified atom stereocenters. The van der Waals surface area contributed by atoms with E-state index in [-0.39, 0.29) is 6.61 Å². The fourth-order valence-corrected chi connectivity index (χ4v) is 2.30. The number of hydrogen-bond donors (Lipinski definition) is 1. The van der Waals surface area contributed by atoms with Gasteiger partial charge in [-0.05, 0) is 31.2 Å². The van der Waals surface area contributed by atoms with Gasteiger partial charge in [0.15, 0.2) is 12.4 Å². The molecule has 0 aliphatic rings. The van der Waals surface area contributed by atoms with Gasteiger partial charge in [-0.25, -0.2) is 4.79 Å². The van der Waals surface area contributed by atoms with Gasteiger partial charge >= 0.3 is 5.97 Å². The summed E-state index contributed by atoms with van der Waals surface area (Å²) in [6.07, 6.45) is 0. The van der Waals surface area contributed by atoms with Gasteiger partial charge in [0.05, 0.1) is 12.8 Å². The van der Waals surface area contributed by atoms with E-state index in [1.54, 1.807) is 12.1 Å². The number of hydrogen-bond acceptors (Lipinski definition) is 6. The Morgan fingerprint density at radius 3 is 2.46 bits per heavy atom. The van der Waals surface area contributed by atoms with Crippen LogP contribution < -0.4 is 10.1 Å². The Labute approximate surface area is 139 Å². The van der Waals surface area contributed by atoms with Crippen molar-refractivity contribution in [3.63, 3.8) is 0 Å². The van der Waals surface area contributed by atoms with Crippen molar-refractivity contribution in [2.45, 2.75) is 6.92 Å². The Kier molecular flexibility index (Phi) is 4.56. The first kappa shape index (κ1) is 15.7. The number of esters is 1. The number of fused-ring (bicyclic) bond motifs is 1. The molecule has 6 nitrogen and oxygen atoms in total. The monoisotopic (exact) mass is 323 g/mol. The second kappa shape index (κ2) is 6.95. The van der Waals surface area contributed by atoms with E-state index in [9.17, 15) is 4.79 Å². The Balaban J connectivity index is 1.77. The second-order valence-corrected chi connectivity index (χ2v) is 5.19. The number of carbonyl (C=O) groups excluding carboxylic acids is 1. The van der Waals surface area contributed by atoms with Crippen molar-refractivity contribution in [1.82, 2.24) is 10.2 Å². The highest BCUT2D eigenvalue weighted by Gasteiger charge is 2.07. The number of benzene rings is 2. The van der Waals surface area contributed by atoms with Crippen molar-refractivity contribution >= 4 is 28.2 Å². The van der Waals surface area contributed by atoms with E-state index in [1.165, 1.54) is 7.11 Å². The SMILES string of the molecule is COC(=O)COc1ccc(Nc2nnc(C)c3ccccc23)cc1. The third-order valence-corrected chi connectivity index (χ3v) is 3.57. The van der Waals surface area contributed by atoms with Gasteiger partial charge in [0, 0.05) is 16.5 Å². The normalized spacial score (nSPS) is 10.4. The van der Waals surface area contributed by atoms with Crippen LogP contribution in [0.1, 0.15) is 5.69 Å². The van der Waals surface area contributed by atoms with Crippen LogP contribution in [0.2, 0.25) is 0 Å². The van der Waals surface area contributed by atoms with Gasteiger partial charge in [-0.3, -0.25) is 0 Å². The Morgan fingerprint density at radius 2 is 1.75 bits per heavy atom. The molecule has 1 aromatic heterocycles. The molecule has 0 spiro atoms. The lowest BCUT2D eigenvalue weighted by Crippen LogP contribution is -2.12. The van der Waals surface area contributed by atoms with Crippen molar-refractivity contribution in [2.75, 3.05) is 19.0 Å².